The van der Waals surface area contributed by atoms with E-state index < -0.39 is 10.0 Å². The van der Waals surface area contributed by atoms with E-state index in [4.69, 9.17) is 4.74 Å². The number of carbonyl (C=O) groups excluding carboxylic acids is 1. The van der Waals surface area contributed by atoms with Gasteiger partial charge in [-0.2, -0.15) is 0 Å². The van der Waals surface area contributed by atoms with Crippen molar-refractivity contribution in [1.82, 2.24) is 9.62 Å². The van der Waals surface area contributed by atoms with Gasteiger partial charge in [0.1, 0.15) is 5.75 Å². The Morgan fingerprint density at radius 2 is 1.83 bits per heavy atom. The maximum Gasteiger partial charge on any atom is 0.242 e. The first-order valence-corrected chi connectivity index (χ1v) is 11.0. The van der Waals surface area contributed by atoms with E-state index in [0.717, 1.165) is 15.4 Å². The van der Waals surface area contributed by atoms with Gasteiger partial charge in [0.2, 0.25) is 15.9 Å². The molecule has 158 valence electrons. The van der Waals surface area contributed by atoms with Gasteiger partial charge < -0.3 is 10.1 Å². The van der Waals surface area contributed by atoms with Crippen molar-refractivity contribution in [2.45, 2.75) is 44.6 Å². The number of benzene rings is 2. The van der Waals surface area contributed by atoms with Crippen molar-refractivity contribution in [3.8, 4) is 5.75 Å². The minimum atomic E-state index is -3.55. The van der Waals surface area contributed by atoms with E-state index >= 15 is 0 Å². The van der Waals surface area contributed by atoms with Crippen LogP contribution in [0.2, 0.25) is 0 Å². The van der Waals surface area contributed by atoms with Gasteiger partial charge in [-0.1, -0.05) is 23.8 Å². The van der Waals surface area contributed by atoms with Crippen molar-refractivity contribution in [2.75, 3.05) is 21.2 Å². The Hall–Kier alpha value is -2.38. The van der Waals surface area contributed by atoms with Gasteiger partial charge in [-0.15, -0.1) is 0 Å². The molecule has 0 aliphatic rings. The van der Waals surface area contributed by atoms with Crippen LogP contribution in [0.4, 0.5) is 0 Å². The second-order valence-corrected chi connectivity index (χ2v) is 9.56. The first kappa shape index (κ1) is 22.9. The van der Waals surface area contributed by atoms with Gasteiger partial charge >= 0.3 is 0 Å². The van der Waals surface area contributed by atoms with Crippen LogP contribution in [0.3, 0.4) is 0 Å². The lowest BCUT2D eigenvalue weighted by molar-refractivity contribution is -0.121. The number of hydrogen-bond acceptors (Lipinski definition) is 4. The lowest BCUT2D eigenvalue weighted by Gasteiger charge is -2.18. The highest BCUT2D eigenvalue weighted by Crippen LogP contribution is 2.25. The summed E-state index contributed by atoms with van der Waals surface area (Å²) in [6, 6.07) is 10.8. The molecule has 0 saturated heterocycles. The molecule has 1 amide bonds. The predicted octanol–water partition coefficient (Wildman–Crippen LogP) is 3.37. The molecule has 2 aromatic rings. The summed E-state index contributed by atoms with van der Waals surface area (Å²) in [5.74, 6) is 0.471. The second-order valence-electron chi connectivity index (χ2n) is 7.41. The van der Waals surface area contributed by atoms with Gasteiger partial charge in [0.05, 0.1) is 18.0 Å². The van der Waals surface area contributed by atoms with E-state index in [1.165, 1.54) is 32.8 Å². The Bertz CT molecular complexity index is 984. The molecule has 0 unspecified atom stereocenters. The minimum Gasteiger partial charge on any atom is -0.496 e. The number of ether oxygens (including phenoxy) is 1. The predicted molar refractivity (Wildman–Crippen MR) is 115 cm³/mol. The molecule has 1 atom stereocenters. The lowest BCUT2D eigenvalue weighted by atomic mass is 10.00. The maximum atomic E-state index is 12.5. The Labute approximate surface area is 173 Å². The summed E-state index contributed by atoms with van der Waals surface area (Å²) >= 11 is 0. The van der Waals surface area contributed by atoms with Crippen LogP contribution in [0.15, 0.2) is 41.3 Å². The molecular weight excluding hydrogens is 388 g/mol. The molecule has 0 fully saturated rings. The van der Waals surface area contributed by atoms with E-state index in [1.807, 2.05) is 32.9 Å². The molecule has 0 spiro atoms. The zero-order chi connectivity index (χ0) is 21.8. The monoisotopic (exact) mass is 418 g/mol. The number of amides is 1. The van der Waals surface area contributed by atoms with Gasteiger partial charge in [0.25, 0.3) is 0 Å². The molecule has 0 aliphatic heterocycles. The molecule has 29 heavy (non-hydrogen) atoms. The van der Waals surface area contributed by atoms with Crippen LogP contribution in [-0.4, -0.2) is 39.8 Å². The van der Waals surface area contributed by atoms with E-state index in [9.17, 15) is 13.2 Å². The Kier molecular flexibility index (Phi) is 7.43. The highest BCUT2D eigenvalue weighted by atomic mass is 32.2. The van der Waals surface area contributed by atoms with E-state index in [0.29, 0.717) is 17.7 Å². The standard InChI is InChI=1S/C22H30N2O4S/c1-15-7-10-20(16(2)13-15)17(3)23-22(25)12-8-18-14-19(9-11-21(18)28-6)29(26,27)24(4)5/h7,9-11,13-14,17H,8,12H2,1-6H3,(H,23,25)/t17-/m0/s1. The molecular formula is C22H30N2O4S. The number of rotatable bonds is 8. The van der Waals surface area contributed by atoms with Crippen molar-refractivity contribution in [2.24, 2.45) is 0 Å². The summed E-state index contributed by atoms with van der Waals surface area (Å²) in [5, 5.41) is 3.02. The topological polar surface area (TPSA) is 75.7 Å². The van der Waals surface area contributed by atoms with Crippen molar-refractivity contribution >= 4 is 15.9 Å². The first-order chi connectivity index (χ1) is 13.6. The summed E-state index contributed by atoms with van der Waals surface area (Å²) in [6.45, 7) is 6.03. The van der Waals surface area contributed by atoms with Crippen LogP contribution in [0, 0.1) is 13.8 Å². The third kappa shape index (κ3) is 5.58. The van der Waals surface area contributed by atoms with Crippen LogP contribution in [0.25, 0.3) is 0 Å². The smallest absolute Gasteiger partial charge is 0.242 e. The van der Waals surface area contributed by atoms with Crippen LogP contribution >= 0.6 is 0 Å². The molecule has 0 radical (unpaired) electrons. The number of aryl methyl sites for hydroxylation is 3. The molecule has 2 aromatic carbocycles. The van der Waals surface area contributed by atoms with Crippen LogP contribution in [0.5, 0.6) is 5.75 Å². The van der Waals surface area contributed by atoms with Gasteiger partial charge in [0, 0.05) is 20.5 Å². The van der Waals surface area contributed by atoms with Gasteiger partial charge in [-0.25, -0.2) is 12.7 Å². The number of carbonyl (C=O) groups is 1. The summed E-state index contributed by atoms with van der Waals surface area (Å²) in [4.78, 5) is 12.7. The molecule has 0 saturated carbocycles. The molecule has 0 heterocycles. The third-order valence-corrected chi connectivity index (χ3v) is 6.73. The molecule has 7 heteroatoms. The SMILES string of the molecule is COc1ccc(S(=O)(=O)N(C)C)cc1CCC(=O)N[C@@H](C)c1ccc(C)cc1C. The molecule has 6 nitrogen and oxygen atoms in total. The first-order valence-electron chi connectivity index (χ1n) is 9.52. The van der Waals surface area contributed by atoms with Crippen molar-refractivity contribution < 1.29 is 17.9 Å². The van der Waals surface area contributed by atoms with E-state index in [1.54, 1.807) is 12.1 Å². The summed E-state index contributed by atoms with van der Waals surface area (Å²) in [5.41, 5.74) is 4.09. The molecule has 0 bridgehead atoms. The van der Waals surface area contributed by atoms with E-state index in [-0.39, 0.29) is 23.3 Å². The second kappa shape index (κ2) is 9.41. The fourth-order valence-electron chi connectivity index (χ4n) is 3.27. The lowest BCUT2D eigenvalue weighted by Crippen LogP contribution is -2.27. The summed E-state index contributed by atoms with van der Waals surface area (Å²) in [7, 11) is 0.954. The summed E-state index contributed by atoms with van der Waals surface area (Å²) < 4.78 is 31.3. The van der Waals surface area contributed by atoms with Gasteiger partial charge in [-0.3, -0.25) is 4.79 Å². The normalized spacial score (nSPS) is 12.7. The highest BCUT2D eigenvalue weighted by molar-refractivity contribution is 7.89. The average Bonchev–Trinajstić information content (AvgIpc) is 2.65. The maximum absolute atomic E-state index is 12.5. The number of sulfonamides is 1. The highest BCUT2D eigenvalue weighted by Gasteiger charge is 2.19. The third-order valence-electron chi connectivity index (χ3n) is 4.92. The fourth-order valence-corrected chi connectivity index (χ4v) is 4.23. The zero-order valence-electron chi connectivity index (χ0n) is 17.9. The van der Waals surface area contributed by atoms with Crippen molar-refractivity contribution in [1.29, 1.82) is 0 Å². The quantitative estimate of drug-likeness (QED) is 0.713. The van der Waals surface area contributed by atoms with Crippen LogP contribution in [0.1, 0.15) is 41.6 Å². The molecule has 0 aliphatic carbocycles. The Balaban J connectivity index is 2.11. The number of hydrogen-bond donors (Lipinski definition) is 1. The van der Waals surface area contributed by atoms with Gasteiger partial charge in [-0.05, 0) is 62.1 Å². The minimum absolute atomic E-state index is 0.0969. The Morgan fingerprint density at radius 1 is 1.14 bits per heavy atom. The fraction of sp³-hybridized carbons (Fsp3) is 0.409. The zero-order valence-corrected chi connectivity index (χ0v) is 18.8. The van der Waals surface area contributed by atoms with Crippen LogP contribution in [-0.2, 0) is 21.2 Å². The number of methoxy groups -OCH3 is 1. The number of nitrogens with zero attached hydrogens (tertiary/aromatic N) is 1. The number of nitrogens with one attached hydrogen (secondary N) is 1. The summed E-state index contributed by atoms with van der Waals surface area (Å²) in [6.07, 6.45) is 0.614. The molecule has 1 N–H and O–H groups in total. The van der Waals surface area contributed by atoms with Crippen molar-refractivity contribution in [3.63, 3.8) is 0 Å². The van der Waals surface area contributed by atoms with Crippen LogP contribution < -0.4 is 10.1 Å². The largest absolute Gasteiger partial charge is 0.496 e. The average molecular weight is 419 g/mol. The van der Waals surface area contributed by atoms with Crippen molar-refractivity contribution in [3.05, 3.63) is 58.7 Å². The van der Waals surface area contributed by atoms with E-state index in [2.05, 4.69) is 11.4 Å². The molecule has 2 rings (SSSR count). The Morgan fingerprint density at radius 3 is 2.41 bits per heavy atom. The van der Waals surface area contributed by atoms with Gasteiger partial charge in [0.15, 0.2) is 0 Å². The molecule has 0 aromatic heterocycles.